The zero-order valence-electron chi connectivity index (χ0n) is 20.1. The molecule has 182 valence electrons. The molecule has 5 nitrogen and oxygen atoms in total. The van der Waals surface area contributed by atoms with Crippen LogP contribution in [0.2, 0.25) is 5.02 Å². The van der Waals surface area contributed by atoms with Gasteiger partial charge < -0.3 is 19.9 Å². The lowest BCUT2D eigenvalue weighted by molar-refractivity contribution is -0.0163. The molecule has 4 fully saturated rings. The molecule has 1 atom stereocenters. The molecule has 2 N–H and O–H groups in total. The molecule has 0 unspecified atom stereocenters. The maximum absolute atomic E-state index is 14.0. The second kappa shape index (κ2) is 7.92. The third kappa shape index (κ3) is 3.54. The number of benzene rings is 2. The van der Waals surface area contributed by atoms with Crippen LogP contribution in [-0.2, 0) is 6.42 Å². The van der Waals surface area contributed by atoms with Gasteiger partial charge >= 0.3 is 6.03 Å². The number of urea groups is 1. The van der Waals surface area contributed by atoms with E-state index in [-0.39, 0.29) is 17.6 Å². The minimum atomic E-state index is -0.176. The first-order valence-electron chi connectivity index (χ1n) is 13.0. The quantitative estimate of drug-likeness (QED) is 0.443. The number of amides is 2. The van der Waals surface area contributed by atoms with Gasteiger partial charge in [0.15, 0.2) is 0 Å². The van der Waals surface area contributed by atoms with Crippen molar-refractivity contribution in [2.75, 3.05) is 13.7 Å². The molecule has 1 aromatic heterocycles. The molecule has 1 aliphatic heterocycles. The van der Waals surface area contributed by atoms with Gasteiger partial charge in [-0.1, -0.05) is 23.7 Å². The number of hydrogen-bond acceptors (Lipinski definition) is 2. The van der Waals surface area contributed by atoms with Crippen molar-refractivity contribution in [2.45, 2.75) is 56.5 Å². The average Bonchev–Trinajstić information content (AvgIpc) is 3.20. The van der Waals surface area contributed by atoms with E-state index < -0.39 is 0 Å². The first-order chi connectivity index (χ1) is 17.0. The van der Waals surface area contributed by atoms with E-state index in [2.05, 4.69) is 27.3 Å². The Morgan fingerprint density at radius 1 is 1.06 bits per heavy atom. The number of hydrogen-bond donors (Lipinski definition) is 2. The molecule has 3 aromatic rings. The molecule has 4 saturated carbocycles. The number of halogens is 1. The third-order valence-corrected chi connectivity index (χ3v) is 9.43. The van der Waals surface area contributed by atoms with E-state index in [4.69, 9.17) is 16.3 Å². The number of nitrogens with zero attached hydrogens (tertiary/aromatic N) is 1. The van der Waals surface area contributed by atoms with Crippen LogP contribution in [0.1, 0.15) is 61.4 Å². The highest BCUT2D eigenvalue weighted by molar-refractivity contribution is 6.31. The summed E-state index contributed by atoms with van der Waals surface area (Å²) >= 11 is 6.35. The Kier molecular flexibility index (Phi) is 4.89. The summed E-state index contributed by atoms with van der Waals surface area (Å²) < 4.78 is 5.41. The van der Waals surface area contributed by atoms with E-state index in [1.807, 2.05) is 30.3 Å². The van der Waals surface area contributed by atoms with Gasteiger partial charge in [-0.05, 0) is 104 Å². The fourth-order valence-corrected chi connectivity index (χ4v) is 8.35. The molecule has 2 aromatic carbocycles. The summed E-state index contributed by atoms with van der Waals surface area (Å²) in [6.07, 6.45) is 8.39. The van der Waals surface area contributed by atoms with E-state index in [1.54, 1.807) is 7.11 Å². The van der Waals surface area contributed by atoms with Crippen molar-refractivity contribution in [3.05, 3.63) is 64.3 Å². The van der Waals surface area contributed by atoms with Gasteiger partial charge in [-0.2, -0.15) is 0 Å². The topological polar surface area (TPSA) is 57.4 Å². The normalized spacial score (nSPS) is 31.0. The van der Waals surface area contributed by atoms with Gasteiger partial charge in [-0.25, -0.2) is 4.79 Å². The van der Waals surface area contributed by atoms with Crippen molar-refractivity contribution >= 4 is 28.5 Å². The molecule has 2 amide bonds. The van der Waals surface area contributed by atoms with Crippen molar-refractivity contribution in [3.63, 3.8) is 0 Å². The Bertz CT molecular complexity index is 1260. The fraction of sp³-hybridized carbons (Fsp3) is 0.483. The van der Waals surface area contributed by atoms with Crippen molar-refractivity contribution in [2.24, 2.45) is 17.8 Å². The van der Waals surface area contributed by atoms with Gasteiger partial charge in [0.05, 0.1) is 13.2 Å². The Balaban J connectivity index is 1.26. The maximum atomic E-state index is 14.0. The number of carbonyl (C=O) groups excluding carboxylic acids is 1. The molecule has 0 spiro atoms. The van der Waals surface area contributed by atoms with Gasteiger partial charge in [-0.15, -0.1) is 0 Å². The largest absolute Gasteiger partial charge is 0.497 e. The van der Waals surface area contributed by atoms with Gasteiger partial charge in [-0.3, -0.25) is 0 Å². The Hall–Kier alpha value is -2.66. The smallest absolute Gasteiger partial charge is 0.318 e. The molecular weight excluding hydrogens is 458 g/mol. The summed E-state index contributed by atoms with van der Waals surface area (Å²) in [6, 6.07) is 14.1. The number of H-pyrrole nitrogens is 1. The van der Waals surface area contributed by atoms with E-state index in [0.717, 1.165) is 76.4 Å². The Morgan fingerprint density at radius 3 is 2.40 bits per heavy atom. The van der Waals surface area contributed by atoms with Crippen molar-refractivity contribution in [1.29, 1.82) is 0 Å². The van der Waals surface area contributed by atoms with Crippen LogP contribution < -0.4 is 10.1 Å². The number of ether oxygens (including phenoxy) is 1. The number of aromatic nitrogens is 1. The van der Waals surface area contributed by atoms with Crippen LogP contribution in [-0.4, -0.2) is 35.1 Å². The summed E-state index contributed by atoms with van der Waals surface area (Å²) in [4.78, 5) is 19.7. The summed E-state index contributed by atoms with van der Waals surface area (Å²) in [7, 11) is 1.68. The van der Waals surface area contributed by atoms with Gasteiger partial charge in [0.2, 0.25) is 0 Å². The van der Waals surface area contributed by atoms with Gasteiger partial charge in [0, 0.05) is 33.7 Å². The predicted molar refractivity (Wildman–Crippen MR) is 138 cm³/mol. The molecule has 4 aliphatic carbocycles. The fourth-order valence-electron chi connectivity index (χ4n) is 8.17. The number of methoxy groups -OCH3 is 1. The van der Waals surface area contributed by atoms with E-state index in [0.29, 0.717) is 6.54 Å². The zero-order valence-corrected chi connectivity index (χ0v) is 20.9. The second-order valence-corrected chi connectivity index (χ2v) is 11.9. The molecule has 0 radical (unpaired) electrons. The highest BCUT2D eigenvalue weighted by Gasteiger charge is 2.52. The Labute approximate surface area is 211 Å². The van der Waals surface area contributed by atoms with Crippen molar-refractivity contribution < 1.29 is 9.53 Å². The second-order valence-electron chi connectivity index (χ2n) is 11.5. The van der Waals surface area contributed by atoms with Crippen LogP contribution in [0.25, 0.3) is 10.9 Å². The summed E-state index contributed by atoms with van der Waals surface area (Å²) in [5, 5.41) is 5.52. The minimum absolute atomic E-state index is 0.00938. The van der Waals surface area contributed by atoms with Crippen LogP contribution in [0.3, 0.4) is 0 Å². The molecule has 2 heterocycles. The zero-order chi connectivity index (χ0) is 23.7. The standard InChI is InChI=1S/C29H32ClN3O2/c1-35-22-5-2-20(3-6-22)27-26-23(24-13-21(30)4-7-25(24)31-26)8-9-33(27)28(34)32-29-14-17-10-18(15-29)12-19(11-17)16-29/h2-7,13,17-19,27,31H,8-12,14-16H2,1H3,(H,32,34)/t17?,18?,19?,27-,29?/m0/s1. The predicted octanol–water partition coefficient (Wildman–Crippen LogP) is 6.46. The van der Waals surface area contributed by atoms with E-state index in [9.17, 15) is 4.79 Å². The van der Waals surface area contributed by atoms with Crippen LogP contribution in [0.15, 0.2) is 42.5 Å². The molecule has 4 bridgehead atoms. The summed E-state index contributed by atoms with van der Waals surface area (Å²) in [5.41, 5.74) is 4.51. The van der Waals surface area contributed by atoms with Crippen LogP contribution >= 0.6 is 11.6 Å². The van der Waals surface area contributed by atoms with Crippen LogP contribution in [0.5, 0.6) is 5.75 Å². The third-order valence-electron chi connectivity index (χ3n) is 9.19. The first kappa shape index (κ1) is 21.6. The summed E-state index contributed by atoms with van der Waals surface area (Å²) in [6.45, 7) is 0.682. The molecule has 35 heavy (non-hydrogen) atoms. The minimum Gasteiger partial charge on any atom is -0.497 e. The van der Waals surface area contributed by atoms with E-state index >= 15 is 0 Å². The van der Waals surface area contributed by atoms with Crippen molar-refractivity contribution in [1.82, 2.24) is 15.2 Å². The van der Waals surface area contributed by atoms with Crippen LogP contribution in [0.4, 0.5) is 4.79 Å². The highest BCUT2D eigenvalue weighted by Crippen LogP contribution is 2.55. The first-order valence-corrected chi connectivity index (χ1v) is 13.4. The molecular formula is C29H32ClN3O2. The number of fused-ring (bicyclic) bond motifs is 3. The lowest BCUT2D eigenvalue weighted by atomic mass is 9.53. The number of nitrogens with one attached hydrogen (secondary N) is 2. The SMILES string of the molecule is COc1ccc([C@H]2c3[nH]c4ccc(Cl)cc4c3CCN2C(=O)NC23CC4CC(CC(C4)C2)C3)cc1. The molecule has 8 rings (SSSR count). The lowest BCUT2D eigenvalue weighted by Crippen LogP contribution is -2.62. The number of rotatable bonds is 3. The van der Waals surface area contributed by atoms with E-state index in [1.165, 1.54) is 24.8 Å². The van der Waals surface area contributed by atoms with Crippen LogP contribution in [0, 0.1) is 17.8 Å². The van der Waals surface area contributed by atoms with Crippen molar-refractivity contribution in [3.8, 4) is 5.75 Å². The lowest BCUT2D eigenvalue weighted by Gasteiger charge is -2.57. The molecule has 5 aliphatic rings. The Morgan fingerprint density at radius 2 is 1.74 bits per heavy atom. The highest BCUT2D eigenvalue weighted by atomic mass is 35.5. The number of aromatic amines is 1. The average molecular weight is 490 g/mol. The molecule has 0 saturated heterocycles. The number of carbonyl (C=O) groups is 1. The molecule has 6 heteroatoms. The monoisotopic (exact) mass is 489 g/mol. The van der Waals surface area contributed by atoms with Gasteiger partial charge in [0.1, 0.15) is 5.75 Å². The summed E-state index contributed by atoms with van der Waals surface area (Å²) in [5.74, 6) is 3.21. The van der Waals surface area contributed by atoms with Gasteiger partial charge in [0.25, 0.3) is 0 Å². The maximum Gasteiger partial charge on any atom is 0.318 e.